The molecule has 1 fully saturated rings. The Morgan fingerprint density at radius 3 is 2.87 bits per heavy atom. The van der Waals surface area contributed by atoms with E-state index in [0.717, 1.165) is 16.4 Å². The number of ether oxygens (including phenoxy) is 1. The molecule has 11 heteroatoms. The van der Waals surface area contributed by atoms with Crippen LogP contribution in [0.25, 0.3) is 11.0 Å². The number of hydrogen-bond donors (Lipinski definition) is 3. The summed E-state index contributed by atoms with van der Waals surface area (Å²) in [6.07, 6.45) is 0.732. The van der Waals surface area contributed by atoms with Gasteiger partial charge in [-0.3, -0.25) is 4.79 Å². The van der Waals surface area contributed by atoms with Gasteiger partial charge in [-0.2, -0.15) is 0 Å². The number of furan rings is 1. The molecule has 2 heterocycles. The van der Waals surface area contributed by atoms with Crippen molar-refractivity contribution in [2.75, 3.05) is 13.2 Å². The van der Waals surface area contributed by atoms with Gasteiger partial charge in [-0.1, -0.05) is 24.8 Å². The molecule has 1 aromatic carbocycles. The van der Waals surface area contributed by atoms with Crippen LogP contribution in [-0.4, -0.2) is 65.1 Å². The predicted molar refractivity (Wildman–Crippen MR) is 104 cm³/mol. The zero-order valence-corrected chi connectivity index (χ0v) is 16.0. The van der Waals surface area contributed by atoms with Gasteiger partial charge in [-0.05, 0) is 24.1 Å². The van der Waals surface area contributed by atoms with Gasteiger partial charge in [0.15, 0.2) is 0 Å². The minimum absolute atomic E-state index is 0.0341. The second-order valence-corrected chi connectivity index (χ2v) is 7.11. The van der Waals surface area contributed by atoms with Crippen molar-refractivity contribution in [1.29, 1.82) is 0 Å². The molecule has 8 nitrogen and oxygen atoms in total. The van der Waals surface area contributed by atoms with E-state index in [9.17, 15) is 28.4 Å². The van der Waals surface area contributed by atoms with Crippen LogP contribution in [0.4, 0.5) is 13.6 Å². The molecule has 0 bridgehead atoms. The number of benzene rings is 1. The lowest BCUT2D eigenvalue weighted by molar-refractivity contribution is -0.128. The highest BCUT2D eigenvalue weighted by molar-refractivity contribution is 6.43. The SMILES string of the molecule is C=CC(=O)N1CC(F)(F)C[C@@H]1COC(=O)N[C@@H](Cc1coc2ccccc12)B(O)O. The third-order valence-electron chi connectivity index (χ3n) is 4.91. The van der Waals surface area contributed by atoms with Gasteiger partial charge in [0.1, 0.15) is 12.2 Å². The highest BCUT2D eigenvalue weighted by Gasteiger charge is 2.47. The largest absolute Gasteiger partial charge is 0.475 e. The van der Waals surface area contributed by atoms with Gasteiger partial charge in [-0.25, -0.2) is 13.6 Å². The van der Waals surface area contributed by atoms with Crippen LogP contribution in [0.5, 0.6) is 0 Å². The van der Waals surface area contributed by atoms with Crippen molar-refractivity contribution in [3.63, 3.8) is 0 Å². The van der Waals surface area contributed by atoms with Crippen LogP contribution in [0.15, 0.2) is 47.6 Å². The molecule has 2 amide bonds. The Balaban J connectivity index is 1.60. The lowest BCUT2D eigenvalue weighted by Crippen LogP contribution is -2.48. The monoisotopic (exact) mass is 422 g/mol. The van der Waals surface area contributed by atoms with Crippen molar-refractivity contribution in [2.45, 2.75) is 30.7 Å². The van der Waals surface area contributed by atoms with Gasteiger partial charge in [-0.15, -0.1) is 0 Å². The third kappa shape index (κ3) is 4.97. The summed E-state index contributed by atoms with van der Waals surface area (Å²) in [5, 5.41) is 22.3. The maximum atomic E-state index is 13.7. The zero-order valence-electron chi connectivity index (χ0n) is 16.0. The van der Waals surface area contributed by atoms with Crippen LogP contribution in [0.1, 0.15) is 12.0 Å². The summed E-state index contributed by atoms with van der Waals surface area (Å²) in [6.45, 7) is 2.03. The lowest BCUT2D eigenvalue weighted by Gasteiger charge is -2.23. The molecule has 0 aliphatic carbocycles. The molecule has 0 radical (unpaired) electrons. The highest BCUT2D eigenvalue weighted by Crippen LogP contribution is 2.32. The first kappa shape index (κ1) is 21.8. The van der Waals surface area contributed by atoms with E-state index in [1.807, 2.05) is 0 Å². The Kier molecular flexibility index (Phi) is 6.42. The van der Waals surface area contributed by atoms with Gasteiger partial charge >= 0.3 is 13.2 Å². The summed E-state index contributed by atoms with van der Waals surface area (Å²) in [7, 11) is -1.90. The van der Waals surface area contributed by atoms with E-state index < -0.39 is 56.6 Å². The number of amides is 2. The topological polar surface area (TPSA) is 112 Å². The zero-order chi connectivity index (χ0) is 21.9. The van der Waals surface area contributed by atoms with Crippen LogP contribution in [0, 0.1) is 0 Å². The first-order valence-corrected chi connectivity index (χ1v) is 9.25. The van der Waals surface area contributed by atoms with E-state index in [2.05, 4.69) is 11.9 Å². The molecule has 3 rings (SSSR count). The fourth-order valence-electron chi connectivity index (χ4n) is 3.45. The number of nitrogens with one attached hydrogen (secondary N) is 1. The Bertz CT molecular complexity index is 935. The normalized spacial score (nSPS) is 18.8. The quantitative estimate of drug-likeness (QED) is 0.461. The number of para-hydroxylation sites is 1. The number of nitrogens with zero attached hydrogens (tertiary/aromatic N) is 1. The van der Waals surface area contributed by atoms with E-state index in [0.29, 0.717) is 11.1 Å². The van der Waals surface area contributed by atoms with Crippen molar-refractivity contribution in [3.05, 3.63) is 48.7 Å². The van der Waals surface area contributed by atoms with Crippen LogP contribution >= 0.6 is 0 Å². The first-order valence-electron chi connectivity index (χ1n) is 9.25. The summed E-state index contributed by atoms with van der Waals surface area (Å²) in [4.78, 5) is 24.8. The van der Waals surface area contributed by atoms with Gasteiger partial charge in [0.2, 0.25) is 5.91 Å². The molecular formula is C19H21BF2N2O6. The van der Waals surface area contributed by atoms with E-state index >= 15 is 0 Å². The van der Waals surface area contributed by atoms with Crippen molar-refractivity contribution >= 4 is 30.1 Å². The minimum atomic E-state index is -3.09. The summed E-state index contributed by atoms with van der Waals surface area (Å²) in [5.41, 5.74) is 1.25. The van der Waals surface area contributed by atoms with Crippen molar-refractivity contribution < 1.29 is 37.6 Å². The van der Waals surface area contributed by atoms with Crippen LogP contribution in [0.2, 0.25) is 0 Å². The predicted octanol–water partition coefficient (Wildman–Crippen LogP) is 1.50. The molecule has 1 aliphatic heterocycles. The number of hydrogen-bond acceptors (Lipinski definition) is 6. The molecule has 3 N–H and O–H groups in total. The number of carbonyl (C=O) groups excluding carboxylic acids is 2. The number of alkyl halides is 2. The molecule has 1 aliphatic rings. The maximum absolute atomic E-state index is 13.7. The number of likely N-dealkylation sites (tertiary alicyclic amines) is 1. The number of alkyl carbamates (subject to hydrolysis) is 1. The minimum Gasteiger partial charge on any atom is -0.464 e. The Morgan fingerprint density at radius 2 is 2.17 bits per heavy atom. The van der Waals surface area contributed by atoms with Gasteiger partial charge < -0.3 is 29.4 Å². The summed E-state index contributed by atoms with van der Waals surface area (Å²) < 4.78 is 37.7. The van der Waals surface area contributed by atoms with Crippen molar-refractivity contribution in [3.8, 4) is 0 Å². The number of fused-ring (bicyclic) bond motifs is 1. The second-order valence-electron chi connectivity index (χ2n) is 7.11. The molecule has 0 saturated carbocycles. The van der Waals surface area contributed by atoms with Gasteiger partial charge in [0.25, 0.3) is 5.92 Å². The molecule has 0 unspecified atom stereocenters. The first-order chi connectivity index (χ1) is 14.2. The number of halogens is 2. The van der Waals surface area contributed by atoms with Crippen LogP contribution in [0.3, 0.4) is 0 Å². The van der Waals surface area contributed by atoms with Crippen molar-refractivity contribution in [2.24, 2.45) is 0 Å². The average Bonchev–Trinajstić information content (AvgIpc) is 3.25. The average molecular weight is 422 g/mol. The molecule has 1 aromatic heterocycles. The van der Waals surface area contributed by atoms with E-state index in [-0.39, 0.29) is 6.42 Å². The molecular weight excluding hydrogens is 401 g/mol. The van der Waals surface area contributed by atoms with Crippen LogP contribution in [-0.2, 0) is 16.0 Å². The van der Waals surface area contributed by atoms with Gasteiger partial charge in [0.05, 0.1) is 24.8 Å². The second kappa shape index (κ2) is 8.84. The number of rotatable bonds is 7. The van der Waals surface area contributed by atoms with Crippen LogP contribution < -0.4 is 5.32 Å². The Morgan fingerprint density at radius 1 is 1.43 bits per heavy atom. The molecule has 2 atom stereocenters. The fraction of sp³-hybridized carbons (Fsp3) is 0.368. The Hall–Kier alpha value is -2.92. The van der Waals surface area contributed by atoms with E-state index in [4.69, 9.17) is 9.15 Å². The maximum Gasteiger partial charge on any atom is 0.475 e. The molecule has 2 aromatic rings. The Labute approximate surface area is 171 Å². The van der Waals surface area contributed by atoms with Gasteiger partial charge in [0, 0.05) is 11.8 Å². The highest BCUT2D eigenvalue weighted by atomic mass is 19.3. The smallest absolute Gasteiger partial charge is 0.464 e. The third-order valence-corrected chi connectivity index (χ3v) is 4.91. The molecule has 0 spiro atoms. The van der Waals surface area contributed by atoms with Crippen molar-refractivity contribution in [1.82, 2.24) is 10.2 Å². The summed E-state index contributed by atoms with van der Waals surface area (Å²) in [6, 6.07) is 6.11. The molecule has 30 heavy (non-hydrogen) atoms. The standard InChI is InChI=1S/C19H21BF2N2O6/c1-2-17(25)24-11-19(21,22)8-13(24)10-30-18(26)23-16(20(27)28)7-12-9-29-15-6-4-3-5-14(12)15/h2-6,9,13,16,27-28H,1,7-8,10-11H2,(H,23,26)/t13-,16+/m1/s1. The summed E-state index contributed by atoms with van der Waals surface area (Å²) >= 11 is 0. The summed E-state index contributed by atoms with van der Waals surface area (Å²) in [5.74, 6) is -4.90. The lowest BCUT2D eigenvalue weighted by atomic mass is 9.76. The van der Waals surface area contributed by atoms with E-state index in [1.165, 1.54) is 6.26 Å². The molecule has 160 valence electrons. The van der Waals surface area contributed by atoms with E-state index in [1.54, 1.807) is 24.3 Å². The number of carbonyl (C=O) groups is 2. The fourth-order valence-corrected chi connectivity index (χ4v) is 3.45. The molecule has 1 saturated heterocycles.